The summed E-state index contributed by atoms with van der Waals surface area (Å²) in [6.07, 6.45) is 5.22. The number of hydrogen-bond acceptors (Lipinski definition) is 5. The number of rotatable bonds is 5. The molecule has 0 amide bonds. The summed E-state index contributed by atoms with van der Waals surface area (Å²) in [4.78, 5) is 0. The van der Waals surface area contributed by atoms with Gasteiger partial charge in [0.15, 0.2) is 0 Å². The Hall–Kier alpha value is -2.20. The molecule has 132 valence electrons. The molecular formula is C19H23N3O3. The van der Waals surface area contributed by atoms with Crippen LogP contribution < -0.4 is 0 Å². The van der Waals surface area contributed by atoms with Crippen molar-refractivity contribution < 1.29 is 14.6 Å². The number of nitrogens with zero attached hydrogens (tertiary/aromatic N) is 3. The smallest absolute Gasteiger partial charge is 0.128 e. The standard InChI is InChI=1S/C19H23N3O3/c1-24-19(16-8-4-6-15(12-16)7-5-10-23)18-14-22(21-20-18)13-17-9-2-3-11-25-17/h4,6,8,12,14,17,19,23H,2-3,9-11,13H2,1H3. The van der Waals surface area contributed by atoms with Gasteiger partial charge < -0.3 is 14.6 Å². The van der Waals surface area contributed by atoms with E-state index < -0.39 is 0 Å². The van der Waals surface area contributed by atoms with E-state index in [2.05, 4.69) is 22.2 Å². The van der Waals surface area contributed by atoms with Crippen molar-refractivity contribution in [2.45, 2.75) is 38.0 Å². The third-order valence-corrected chi connectivity index (χ3v) is 4.23. The summed E-state index contributed by atoms with van der Waals surface area (Å²) in [5, 5.41) is 17.3. The minimum Gasteiger partial charge on any atom is -0.384 e. The molecule has 1 fully saturated rings. The van der Waals surface area contributed by atoms with Crippen LogP contribution in [0.4, 0.5) is 0 Å². The molecule has 25 heavy (non-hydrogen) atoms. The Labute approximate surface area is 147 Å². The third kappa shape index (κ3) is 4.67. The van der Waals surface area contributed by atoms with Crippen LogP contribution in [0.15, 0.2) is 30.5 Å². The van der Waals surface area contributed by atoms with Crippen LogP contribution in [0.1, 0.15) is 42.2 Å². The van der Waals surface area contributed by atoms with E-state index in [9.17, 15) is 0 Å². The van der Waals surface area contributed by atoms with Crippen molar-refractivity contribution in [3.05, 3.63) is 47.3 Å². The molecule has 1 aromatic heterocycles. The lowest BCUT2D eigenvalue weighted by Gasteiger charge is -2.22. The highest BCUT2D eigenvalue weighted by Crippen LogP contribution is 2.24. The van der Waals surface area contributed by atoms with Gasteiger partial charge >= 0.3 is 0 Å². The second kappa shape index (κ2) is 8.77. The maximum absolute atomic E-state index is 8.84. The molecule has 0 bridgehead atoms. The van der Waals surface area contributed by atoms with Crippen molar-refractivity contribution in [1.29, 1.82) is 0 Å². The number of aliphatic hydroxyl groups is 1. The van der Waals surface area contributed by atoms with Crippen molar-refractivity contribution in [1.82, 2.24) is 15.0 Å². The molecule has 6 nitrogen and oxygen atoms in total. The molecular weight excluding hydrogens is 318 g/mol. The molecule has 1 aliphatic rings. The Kier molecular flexibility index (Phi) is 6.18. The summed E-state index contributed by atoms with van der Waals surface area (Å²) in [7, 11) is 1.65. The molecule has 1 N–H and O–H groups in total. The molecule has 0 aliphatic carbocycles. The van der Waals surface area contributed by atoms with Crippen LogP contribution >= 0.6 is 0 Å². The van der Waals surface area contributed by atoms with E-state index in [0.717, 1.165) is 36.3 Å². The van der Waals surface area contributed by atoms with Gasteiger partial charge in [-0.15, -0.1) is 5.10 Å². The Morgan fingerprint density at radius 3 is 3.12 bits per heavy atom. The van der Waals surface area contributed by atoms with E-state index in [-0.39, 0.29) is 18.8 Å². The second-order valence-corrected chi connectivity index (χ2v) is 6.06. The summed E-state index contributed by atoms with van der Waals surface area (Å²) < 4.78 is 13.2. The van der Waals surface area contributed by atoms with Gasteiger partial charge in [0.1, 0.15) is 18.4 Å². The number of hydrogen-bond donors (Lipinski definition) is 1. The van der Waals surface area contributed by atoms with Crippen LogP contribution in [-0.4, -0.2) is 46.5 Å². The molecule has 1 aliphatic heterocycles. The lowest BCUT2D eigenvalue weighted by molar-refractivity contribution is 0.00368. The zero-order chi connectivity index (χ0) is 17.5. The lowest BCUT2D eigenvalue weighted by atomic mass is 10.0. The van der Waals surface area contributed by atoms with E-state index in [0.29, 0.717) is 6.54 Å². The zero-order valence-electron chi connectivity index (χ0n) is 14.4. The van der Waals surface area contributed by atoms with Gasteiger partial charge in [-0.05, 0) is 37.0 Å². The minimum atomic E-state index is -0.308. The molecule has 1 saturated heterocycles. The summed E-state index contributed by atoms with van der Waals surface area (Å²) in [5.74, 6) is 5.57. The van der Waals surface area contributed by atoms with Crippen molar-refractivity contribution in [2.75, 3.05) is 20.3 Å². The van der Waals surface area contributed by atoms with Crippen molar-refractivity contribution >= 4 is 0 Å². The monoisotopic (exact) mass is 341 g/mol. The molecule has 2 atom stereocenters. The zero-order valence-corrected chi connectivity index (χ0v) is 14.4. The van der Waals surface area contributed by atoms with Gasteiger partial charge in [-0.2, -0.15) is 0 Å². The van der Waals surface area contributed by atoms with E-state index in [1.54, 1.807) is 7.11 Å². The van der Waals surface area contributed by atoms with E-state index in [4.69, 9.17) is 14.6 Å². The third-order valence-electron chi connectivity index (χ3n) is 4.23. The lowest BCUT2D eigenvalue weighted by Crippen LogP contribution is -2.24. The number of aromatic nitrogens is 3. The Bertz CT molecular complexity index is 742. The van der Waals surface area contributed by atoms with Crippen LogP contribution in [0.5, 0.6) is 0 Å². The first-order valence-electron chi connectivity index (χ1n) is 8.54. The van der Waals surface area contributed by atoms with Crippen molar-refractivity contribution in [3.63, 3.8) is 0 Å². The molecule has 2 heterocycles. The number of benzene rings is 1. The highest BCUT2D eigenvalue weighted by atomic mass is 16.5. The van der Waals surface area contributed by atoms with E-state index in [1.807, 2.05) is 35.1 Å². The van der Waals surface area contributed by atoms with E-state index >= 15 is 0 Å². The Balaban J connectivity index is 1.74. The highest BCUT2D eigenvalue weighted by Gasteiger charge is 2.20. The van der Waals surface area contributed by atoms with Gasteiger partial charge in [0.25, 0.3) is 0 Å². The summed E-state index contributed by atoms with van der Waals surface area (Å²) in [6.45, 7) is 1.38. The van der Waals surface area contributed by atoms with Gasteiger partial charge in [-0.3, -0.25) is 0 Å². The molecule has 0 saturated carbocycles. The number of ether oxygens (including phenoxy) is 2. The largest absolute Gasteiger partial charge is 0.384 e. The second-order valence-electron chi connectivity index (χ2n) is 6.06. The van der Waals surface area contributed by atoms with Crippen LogP contribution in [0.2, 0.25) is 0 Å². The van der Waals surface area contributed by atoms with Gasteiger partial charge in [0.05, 0.1) is 18.8 Å². The quantitative estimate of drug-likeness (QED) is 0.842. The predicted octanol–water partition coefficient (Wildman–Crippen LogP) is 1.93. The fourth-order valence-electron chi connectivity index (χ4n) is 3.03. The van der Waals surface area contributed by atoms with Crippen LogP contribution in [-0.2, 0) is 16.0 Å². The van der Waals surface area contributed by atoms with E-state index in [1.165, 1.54) is 6.42 Å². The Morgan fingerprint density at radius 1 is 1.44 bits per heavy atom. The Morgan fingerprint density at radius 2 is 2.36 bits per heavy atom. The van der Waals surface area contributed by atoms with Gasteiger partial charge in [-0.1, -0.05) is 29.2 Å². The average molecular weight is 341 g/mol. The normalized spacial score (nSPS) is 18.4. The van der Waals surface area contributed by atoms with Crippen molar-refractivity contribution in [2.24, 2.45) is 0 Å². The molecule has 3 rings (SSSR count). The van der Waals surface area contributed by atoms with Crippen LogP contribution in [0.3, 0.4) is 0 Å². The number of methoxy groups -OCH3 is 1. The molecule has 2 unspecified atom stereocenters. The minimum absolute atomic E-state index is 0.157. The molecule has 0 spiro atoms. The molecule has 2 aromatic rings. The fraction of sp³-hybridized carbons (Fsp3) is 0.474. The molecule has 6 heteroatoms. The van der Waals surface area contributed by atoms with Gasteiger partial charge in [-0.25, -0.2) is 4.68 Å². The van der Waals surface area contributed by atoms with Crippen molar-refractivity contribution in [3.8, 4) is 11.8 Å². The maximum Gasteiger partial charge on any atom is 0.128 e. The fourth-order valence-corrected chi connectivity index (χ4v) is 3.03. The maximum atomic E-state index is 8.84. The topological polar surface area (TPSA) is 69.4 Å². The summed E-state index contributed by atoms with van der Waals surface area (Å²) in [5.41, 5.74) is 2.54. The SMILES string of the molecule is COC(c1cccc(C#CCO)c1)c1cn(CC2CCCCO2)nn1. The first-order chi connectivity index (χ1) is 12.3. The first-order valence-corrected chi connectivity index (χ1v) is 8.54. The molecule has 1 aromatic carbocycles. The average Bonchev–Trinajstić information content (AvgIpc) is 3.10. The van der Waals surface area contributed by atoms with Gasteiger partial charge in [0.2, 0.25) is 0 Å². The first kappa shape index (κ1) is 17.6. The molecule has 0 radical (unpaired) electrons. The summed E-state index contributed by atoms with van der Waals surface area (Å²) >= 11 is 0. The van der Waals surface area contributed by atoms with Gasteiger partial charge in [0, 0.05) is 19.3 Å². The predicted molar refractivity (Wildman–Crippen MR) is 92.9 cm³/mol. The highest BCUT2D eigenvalue weighted by molar-refractivity contribution is 5.39. The number of aliphatic hydroxyl groups excluding tert-OH is 1. The van der Waals surface area contributed by atoms with Crippen LogP contribution in [0.25, 0.3) is 0 Å². The van der Waals surface area contributed by atoms with Crippen LogP contribution in [0, 0.1) is 11.8 Å². The summed E-state index contributed by atoms with van der Waals surface area (Å²) in [6, 6.07) is 7.74.